The fraction of sp³-hybridized carbons (Fsp3) is 0.429. The van der Waals surface area contributed by atoms with Crippen LogP contribution in [0.4, 0.5) is 4.79 Å². The van der Waals surface area contributed by atoms with Crippen molar-refractivity contribution < 1.29 is 47.2 Å². The molecule has 4 N–H and O–H groups in total. The van der Waals surface area contributed by atoms with Crippen LogP contribution in [0.2, 0.25) is 0 Å². The fourth-order valence-electron chi connectivity index (χ4n) is 5.37. The fourth-order valence-corrected chi connectivity index (χ4v) is 5.66. The molecule has 0 saturated carbocycles. The lowest BCUT2D eigenvalue weighted by Crippen LogP contribution is -2.51. The van der Waals surface area contributed by atoms with Crippen molar-refractivity contribution in [3.05, 3.63) is 72.0 Å². The van der Waals surface area contributed by atoms with E-state index in [1.165, 1.54) is 18.2 Å². The number of amides is 4. The summed E-state index contributed by atoms with van der Waals surface area (Å²) in [7, 11) is -2.91. The van der Waals surface area contributed by atoms with Crippen LogP contribution >= 0.6 is 8.25 Å². The quantitative estimate of drug-likeness (QED) is 0.0346. The molecule has 3 atom stereocenters. The van der Waals surface area contributed by atoms with Gasteiger partial charge in [0.1, 0.15) is 11.5 Å². The maximum absolute atomic E-state index is 13.5. The summed E-state index contributed by atoms with van der Waals surface area (Å²) in [6, 6.07) is 16.1. The molecule has 14 nitrogen and oxygen atoms in total. The van der Waals surface area contributed by atoms with Gasteiger partial charge in [-0.2, -0.15) is 5.06 Å². The number of nitrogens with zero attached hydrogens (tertiary/aromatic N) is 1. The van der Waals surface area contributed by atoms with E-state index >= 15 is 0 Å². The average molecular weight is 714 g/mol. The Morgan fingerprint density at radius 2 is 1.72 bits per heavy atom. The first kappa shape index (κ1) is 39.5. The number of rotatable bonds is 20. The molecule has 0 bridgehead atoms. The van der Waals surface area contributed by atoms with Crippen molar-refractivity contribution in [2.45, 2.75) is 78.3 Å². The van der Waals surface area contributed by atoms with Gasteiger partial charge in [-0.1, -0.05) is 63.4 Å². The number of hydrogen-bond donors (Lipinski definition) is 4. The highest BCUT2D eigenvalue weighted by molar-refractivity contribution is 7.32. The molecule has 0 aliphatic rings. The van der Waals surface area contributed by atoms with Crippen LogP contribution in [0.3, 0.4) is 0 Å². The Balaban J connectivity index is 1.67. The van der Waals surface area contributed by atoms with Crippen molar-refractivity contribution in [2.75, 3.05) is 13.3 Å². The van der Waals surface area contributed by atoms with E-state index in [0.717, 1.165) is 23.5 Å². The molecule has 4 amide bonds. The van der Waals surface area contributed by atoms with Gasteiger partial charge in [0, 0.05) is 16.2 Å². The minimum atomic E-state index is -2.91. The Hall–Kier alpha value is -4.94. The number of furan rings is 1. The zero-order valence-corrected chi connectivity index (χ0v) is 29.9. The third-order valence-corrected chi connectivity index (χ3v) is 8.23. The second kappa shape index (κ2) is 19.3. The highest BCUT2D eigenvalue weighted by Crippen LogP contribution is 2.34. The second-order valence-corrected chi connectivity index (χ2v) is 12.5. The van der Waals surface area contributed by atoms with Gasteiger partial charge >= 0.3 is 14.3 Å². The molecular formula is C35H46N4O10P+. The van der Waals surface area contributed by atoms with Gasteiger partial charge in [-0.25, -0.2) is 9.32 Å². The number of nitrogens with one attached hydrogen (secondary N) is 3. The predicted octanol–water partition coefficient (Wildman–Crippen LogP) is 6.19. The van der Waals surface area contributed by atoms with Crippen LogP contribution in [0.25, 0.3) is 11.3 Å². The first-order valence-corrected chi connectivity index (χ1v) is 17.6. The number of carbonyl (C=O) groups excluding carboxylic acids is 4. The molecular weight excluding hydrogens is 667 g/mol. The van der Waals surface area contributed by atoms with Crippen molar-refractivity contribution in [2.24, 2.45) is 5.92 Å². The molecule has 3 aromatic rings. The van der Waals surface area contributed by atoms with E-state index in [1.807, 2.05) is 37.3 Å². The largest absolute Gasteiger partial charge is 0.747 e. The second-order valence-electron chi connectivity index (χ2n) is 11.9. The summed E-state index contributed by atoms with van der Waals surface area (Å²) in [5.74, 6) is -1.13. The highest BCUT2D eigenvalue weighted by atomic mass is 31.1. The van der Waals surface area contributed by atoms with Crippen LogP contribution in [-0.2, 0) is 24.5 Å². The lowest BCUT2D eigenvalue weighted by molar-refractivity contribution is -0.169. The standard InChI is InChI=1S/C35H45N4O10P/c1-6-9-11-16-28(29(7-2)39(23-40)48-34(43)38-35(4,5)25-14-12-10-13-15-25)32(41)36-22-37-33(42)31-18-17-30(47-31)24-19-26(46-8-3)21-27(20-24)49-50(44)45/h10,12-15,17-21,23,28-29H,6-9,11,16,22H2,1-5H3,(H3-,36,37,38,41,42,43,44,45)/p+1. The van der Waals surface area contributed by atoms with Crippen LogP contribution < -0.4 is 25.2 Å². The molecule has 0 saturated heterocycles. The molecule has 270 valence electrons. The van der Waals surface area contributed by atoms with Gasteiger partial charge in [0.25, 0.3) is 5.91 Å². The zero-order chi connectivity index (χ0) is 36.7. The minimum absolute atomic E-state index is 0.0531. The van der Waals surface area contributed by atoms with Gasteiger partial charge < -0.3 is 29.9 Å². The summed E-state index contributed by atoms with van der Waals surface area (Å²) in [4.78, 5) is 66.2. The van der Waals surface area contributed by atoms with E-state index < -0.39 is 43.7 Å². The summed E-state index contributed by atoms with van der Waals surface area (Å²) in [6.45, 7) is 9.30. The number of unbranched alkanes of at least 4 members (excludes halogenated alkanes) is 2. The molecule has 2 aromatic carbocycles. The van der Waals surface area contributed by atoms with Gasteiger partial charge in [-0.05, 0) is 63.4 Å². The first-order valence-electron chi connectivity index (χ1n) is 16.5. The molecule has 0 spiro atoms. The average Bonchev–Trinajstić information content (AvgIpc) is 3.58. The van der Waals surface area contributed by atoms with E-state index in [-0.39, 0.29) is 23.9 Å². The van der Waals surface area contributed by atoms with Gasteiger partial charge in [0.2, 0.25) is 12.3 Å². The topological polar surface area (TPSA) is 186 Å². The summed E-state index contributed by atoms with van der Waals surface area (Å²) >= 11 is 0. The van der Waals surface area contributed by atoms with Crippen molar-refractivity contribution >= 4 is 32.6 Å². The monoisotopic (exact) mass is 713 g/mol. The summed E-state index contributed by atoms with van der Waals surface area (Å²) in [5.41, 5.74) is 0.476. The van der Waals surface area contributed by atoms with E-state index in [1.54, 1.807) is 39.8 Å². The summed E-state index contributed by atoms with van der Waals surface area (Å²) in [6.07, 6.45) is 2.72. The summed E-state index contributed by atoms with van der Waals surface area (Å²) < 4.78 is 27.4. The molecule has 1 aromatic heterocycles. The van der Waals surface area contributed by atoms with Crippen LogP contribution in [0, 0.1) is 5.92 Å². The number of carbonyl (C=O) groups is 4. The molecule has 3 unspecified atom stereocenters. The van der Waals surface area contributed by atoms with E-state index in [2.05, 4.69) is 16.0 Å². The Kier molecular flexibility index (Phi) is 15.2. The third-order valence-electron chi connectivity index (χ3n) is 7.87. The number of benzene rings is 2. The normalized spacial score (nSPS) is 12.6. The Labute approximate surface area is 292 Å². The van der Waals surface area contributed by atoms with Crippen molar-refractivity contribution in [3.63, 3.8) is 0 Å². The van der Waals surface area contributed by atoms with Crippen LogP contribution in [0.5, 0.6) is 11.5 Å². The molecule has 15 heteroatoms. The third kappa shape index (κ3) is 11.6. The van der Waals surface area contributed by atoms with E-state index in [4.69, 9.17) is 23.4 Å². The molecule has 3 rings (SSSR count). The number of ether oxygens (including phenoxy) is 1. The van der Waals surface area contributed by atoms with Gasteiger partial charge in [-0.15, -0.1) is 4.89 Å². The van der Waals surface area contributed by atoms with Crippen LogP contribution in [-0.4, -0.2) is 53.6 Å². The minimum Gasteiger partial charge on any atom is -0.494 e. The van der Waals surface area contributed by atoms with Gasteiger partial charge in [0.15, 0.2) is 11.5 Å². The van der Waals surface area contributed by atoms with Crippen LogP contribution in [0.1, 0.15) is 82.8 Å². The maximum atomic E-state index is 13.5. The lowest BCUT2D eigenvalue weighted by atomic mass is 9.90. The van der Waals surface area contributed by atoms with Gasteiger partial charge in [0.05, 0.1) is 30.8 Å². The number of hydrogen-bond acceptors (Lipinski definition) is 9. The lowest BCUT2D eigenvalue weighted by Gasteiger charge is -2.33. The summed E-state index contributed by atoms with van der Waals surface area (Å²) in [5, 5.41) is 8.96. The predicted molar refractivity (Wildman–Crippen MR) is 185 cm³/mol. The SMILES string of the molecule is CCCCCC(C(=O)NCNC(=O)c1ccc(-c2cc(OCC)cc(O[P+](=O)O)c2)o1)C(CC)N(C=O)OC(=O)NC(C)(C)c1ccccc1. The van der Waals surface area contributed by atoms with Crippen molar-refractivity contribution in [3.8, 4) is 22.8 Å². The smallest absolute Gasteiger partial charge is 0.494 e. The zero-order valence-electron chi connectivity index (χ0n) is 29.0. The highest BCUT2D eigenvalue weighted by Gasteiger charge is 2.34. The van der Waals surface area contributed by atoms with Crippen molar-refractivity contribution in [1.82, 2.24) is 21.0 Å². The van der Waals surface area contributed by atoms with Crippen molar-refractivity contribution in [1.29, 1.82) is 0 Å². The van der Waals surface area contributed by atoms with E-state index in [9.17, 15) is 23.7 Å². The van der Waals surface area contributed by atoms with Crippen LogP contribution in [0.15, 0.2) is 65.1 Å². The molecule has 50 heavy (non-hydrogen) atoms. The van der Waals surface area contributed by atoms with E-state index in [0.29, 0.717) is 43.6 Å². The molecule has 0 fully saturated rings. The maximum Gasteiger partial charge on any atom is 0.747 e. The first-order chi connectivity index (χ1) is 23.9. The number of hydroxylamine groups is 2. The molecule has 0 radical (unpaired) electrons. The Morgan fingerprint density at radius 1 is 1.00 bits per heavy atom. The molecule has 1 heterocycles. The Bertz CT molecular complexity index is 1600. The van der Waals surface area contributed by atoms with Gasteiger partial charge in [-0.3, -0.25) is 14.4 Å². The Morgan fingerprint density at radius 3 is 2.36 bits per heavy atom. The molecule has 0 aliphatic carbocycles. The molecule has 0 aliphatic heterocycles.